The first-order valence-electron chi connectivity index (χ1n) is 8.62. The number of nitrogens with one attached hydrogen (secondary N) is 1. The second-order valence-corrected chi connectivity index (χ2v) is 6.30. The van der Waals surface area contributed by atoms with Crippen LogP contribution in [0.3, 0.4) is 0 Å². The molecule has 26 heavy (non-hydrogen) atoms. The van der Waals surface area contributed by atoms with Crippen LogP contribution in [0.4, 0.5) is 0 Å². The van der Waals surface area contributed by atoms with Gasteiger partial charge in [0.05, 0.1) is 26.0 Å². The largest absolute Gasteiger partial charge is 0.480 e. The first kappa shape index (κ1) is 16.4. The molecule has 1 fully saturated rings. The smallest absolute Gasteiger partial charge is 0.270 e. The van der Waals surface area contributed by atoms with Crippen LogP contribution in [0.25, 0.3) is 10.9 Å². The number of para-hydroxylation sites is 1. The zero-order valence-corrected chi connectivity index (χ0v) is 14.5. The van der Waals surface area contributed by atoms with Crippen molar-refractivity contribution >= 4 is 16.8 Å². The number of nitrogens with zero attached hydrogens (tertiary/aromatic N) is 3. The molecule has 1 saturated heterocycles. The normalized spacial score (nSPS) is 17.3. The summed E-state index contributed by atoms with van der Waals surface area (Å²) in [6.45, 7) is 1.24. The summed E-state index contributed by atoms with van der Waals surface area (Å²) in [5.41, 5.74) is 1.57. The Labute approximate surface area is 151 Å². The Morgan fingerprint density at radius 2 is 2.12 bits per heavy atom. The van der Waals surface area contributed by atoms with Crippen molar-refractivity contribution in [1.29, 1.82) is 0 Å². The van der Waals surface area contributed by atoms with E-state index >= 15 is 0 Å². The van der Waals surface area contributed by atoms with Crippen LogP contribution in [0, 0.1) is 0 Å². The molecule has 2 aromatic heterocycles. The van der Waals surface area contributed by atoms with Gasteiger partial charge in [-0.3, -0.25) is 9.78 Å². The highest BCUT2D eigenvalue weighted by atomic mass is 16.5. The van der Waals surface area contributed by atoms with Crippen molar-refractivity contribution in [1.82, 2.24) is 19.9 Å². The molecular formula is C19H20N4O3. The van der Waals surface area contributed by atoms with Crippen LogP contribution in [0.5, 0.6) is 11.8 Å². The van der Waals surface area contributed by atoms with Gasteiger partial charge in [0.2, 0.25) is 11.8 Å². The standard InChI is InChI=1S/C19H20N4O3/c1-25-17-10-20-11-18(22-17)26-14-6-4-8-23(12-14)19(24)16-9-13-5-2-3-7-15(13)21-16/h2-3,5,7,9-11,14,21H,4,6,8,12H2,1H3/t14-/m1/s1. The molecule has 0 radical (unpaired) electrons. The predicted octanol–water partition coefficient (Wildman–Crippen LogP) is 2.65. The maximum Gasteiger partial charge on any atom is 0.270 e. The monoisotopic (exact) mass is 352 g/mol. The Kier molecular flexibility index (Phi) is 4.43. The van der Waals surface area contributed by atoms with E-state index in [2.05, 4.69) is 15.0 Å². The van der Waals surface area contributed by atoms with Gasteiger partial charge in [0.1, 0.15) is 11.8 Å². The van der Waals surface area contributed by atoms with E-state index in [1.807, 2.05) is 35.2 Å². The molecule has 7 heteroatoms. The average Bonchev–Trinajstić information content (AvgIpc) is 3.12. The SMILES string of the molecule is COc1cncc(O[C@@H]2CCCN(C(=O)c3cc4ccccc4[nH]3)C2)n1. The van der Waals surface area contributed by atoms with Crippen LogP contribution in [0.2, 0.25) is 0 Å². The molecule has 0 unspecified atom stereocenters. The number of methoxy groups -OCH3 is 1. The maximum absolute atomic E-state index is 12.9. The number of benzene rings is 1. The number of carbonyl (C=O) groups excluding carboxylic acids is 1. The molecule has 134 valence electrons. The highest BCUT2D eigenvalue weighted by molar-refractivity contribution is 5.98. The van der Waals surface area contributed by atoms with Gasteiger partial charge in [-0.05, 0) is 25.0 Å². The first-order valence-corrected chi connectivity index (χ1v) is 8.62. The molecule has 0 spiro atoms. The molecule has 3 heterocycles. The molecule has 7 nitrogen and oxygen atoms in total. The highest BCUT2D eigenvalue weighted by Gasteiger charge is 2.27. The number of hydrogen-bond acceptors (Lipinski definition) is 5. The lowest BCUT2D eigenvalue weighted by molar-refractivity contribution is 0.0521. The Morgan fingerprint density at radius 3 is 2.96 bits per heavy atom. The number of aromatic nitrogens is 3. The highest BCUT2D eigenvalue weighted by Crippen LogP contribution is 2.21. The van der Waals surface area contributed by atoms with Crippen LogP contribution in [0.1, 0.15) is 23.3 Å². The van der Waals surface area contributed by atoms with Crippen molar-refractivity contribution in [3.63, 3.8) is 0 Å². The van der Waals surface area contributed by atoms with Crippen molar-refractivity contribution in [3.05, 3.63) is 48.4 Å². The lowest BCUT2D eigenvalue weighted by Crippen LogP contribution is -2.44. The minimum atomic E-state index is -0.113. The minimum absolute atomic E-state index is 0.00812. The molecule has 0 aliphatic carbocycles. The minimum Gasteiger partial charge on any atom is -0.480 e. The van der Waals surface area contributed by atoms with E-state index in [4.69, 9.17) is 9.47 Å². The molecule has 3 aromatic rings. The summed E-state index contributed by atoms with van der Waals surface area (Å²) in [6.07, 6.45) is 4.72. The second-order valence-electron chi connectivity index (χ2n) is 6.30. The second kappa shape index (κ2) is 7.03. The van der Waals surface area contributed by atoms with E-state index in [0.717, 1.165) is 30.3 Å². The van der Waals surface area contributed by atoms with E-state index < -0.39 is 0 Å². The number of ether oxygens (including phenoxy) is 2. The number of carbonyl (C=O) groups is 1. The lowest BCUT2D eigenvalue weighted by Gasteiger charge is -2.32. The van der Waals surface area contributed by atoms with Crippen LogP contribution < -0.4 is 9.47 Å². The van der Waals surface area contributed by atoms with E-state index in [9.17, 15) is 4.79 Å². The summed E-state index contributed by atoms with van der Waals surface area (Å²) in [5, 5.41) is 1.03. The molecule has 0 saturated carbocycles. The van der Waals surface area contributed by atoms with Gasteiger partial charge in [0.15, 0.2) is 0 Å². The number of fused-ring (bicyclic) bond motifs is 1. The topological polar surface area (TPSA) is 80.3 Å². The van der Waals surface area contributed by atoms with Gasteiger partial charge in [-0.1, -0.05) is 18.2 Å². The van der Waals surface area contributed by atoms with Crippen LogP contribution in [0.15, 0.2) is 42.7 Å². The van der Waals surface area contributed by atoms with Gasteiger partial charge < -0.3 is 19.4 Å². The zero-order chi connectivity index (χ0) is 17.9. The number of likely N-dealkylation sites (tertiary alicyclic amines) is 1. The lowest BCUT2D eigenvalue weighted by atomic mass is 10.1. The Hall–Kier alpha value is -3.09. The molecule has 1 N–H and O–H groups in total. The van der Waals surface area contributed by atoms with E-state index in [0.29, 0.717) is 24.0 Å². The Bertz CT molecular complexity index is 891. The molecule has 0 bridgehead atoms. The third-order valence-electron chi connectivity index (χ3n) is 4.51. The van der Waals surface area contributed by atoms with Crippen LogP contribution >= 0.6 is 0 Å². The number of hydrogen-bond donors (Lipinski definition) is 1. The van der Waals surface area contributed by atoms with E-state index in [-0.39, 0.29) is 12.0 Å². The summed E-state index contributed by atoms with van der Waals surface area (Å²) < 4.78 is 11.0. The summed E-state index contributed by atoms with van der Waals surface area (Å²) in [5.74, 6) is 0.810. The summed E-state index contributed by atoms with van der Waals surface area (Å²) >= 11 is 0. The third kappa shape index (κ3) is 3.33. The quantitative estimate of drug-likeness (QED) is 0.781. The van der Waals surface area contributed by atoms with Crippen molar-refractivity contribution in [3.8, 4) is 11.8 Å². The number of H-pyrrole nitrogens is 1. The first-order chi connectivity index (χ1) is 12.7. The molecule has 1 amide bonds. The van der Waals surface area contributed by atoms with Gasteiger partial charge in [-0.2, -0.15) is 4.98 Å². The van der Waals surface area contributed by atoms with Gasteiger partial charge in [0.25, 0.3) is 5.91 Å². The predicted molar refractivity (Wildman–Crippen MR) is 96.4 cm³/mol. The fourth-order valence-electron chi connectivity index (χ4n) is 3.23. The molecule has 1 aromatic carbocycles. The molecule has 4 rings (SSSR count). The molecule has 1 atom stereocenters. The Morgan fingerprint density at radius 1 is 1.27 bits per heavy atom. The Balaban J connectivity index is 1.46. The fraction of sp³-hybridized carbons (Fsp3) is 0.316. The van der Waals surface area contributed by atoms with Crippen molar-refractivity contribution in [2.75, 3.05) is 20.2 Å². The van der Waals surface area contributed by atoms with Crippen LogP contribution in [-0.4, -0.2) is 52.1 Å². The van der Waals surface area contributed by atoms with E-state index in [1.165, 1.54) is 13.3 Å². The van der Waals surface area contributed by atoms with Crippen molar-refractivity contribution in [2.45, 2.75) is 18.9 Å². The number of piperidine rings is 1. The molecule has 1 aliphatic rings. The van der Waals surface area contributed by atoms with Crippen LogP contribution in [-0.2, 0) is 0 Å². The van der Waals surface area contributed by atoms with Gasteiger partial charge >= 0.3 is 0 Å². The number of rotatable bonds is 4. The third-order valence-corrected chi connectivity index (χ3v) is 4.51. The summed E-state index contributed by atoms with van der Waals surface area (Å²) in [7, 11) is 1.54. The fourth-order valence-corrected chi connectivity index (χ4v) is 3.23. The van der Waals surface area contributed by atoms with Gasteiger partial charge in [-0.15, -0.1) is 0 Å². The molecule has 1 aliphatic heterocycles. The van der Waals surface area contributed by atoms with Crippen molar-refractivity contribution < 1.29 is 14.3 Å². The summed E-state index contributed by atoms with van der Waals surface area (Å²) in [4.78, 5) is 26.2. The zero-order valence-electron chi connectivity index (χ0n) is 14.5. The number of aromatic amines is 1. The summed E-state index contributed by atoms with van der Waals surface area (Å²) in [6, 6.07) is 9.77. The molecular weight excluding hydrogens is 332 g/mol. The number of amides is 1. The van der Waals surface area contributed by atoms with Gasteiger partial charge in [-0.25, -0.2) is 0 Å². The van der Waals surface area contributed by atoms with Crippen molar-refractivity contribution in [2.24, 2.45) is 0 Å². The van der Waals surface area contributed by atoms with Gasteiger partial charge in [0, 0.05) is 17.4 Å². The maximum atomic E-state index is 12.9. The van der Waals surface area contributed by atoms with E-state index in [1.54, 1.807) is 6.20 Å². The average molecular weight is 352 g/mol.